The summed E-state index contributed by atoms with van der Waals surface area (Å²) in [4.78, 5) is 26.7. The molecule has 0 bridgehead atoms. The first kappa shape index (κ1) is 21.0. The molecule has 1 aliphatic heterocycles. The second-order valence-electron chi connectivity index (χ2n) is 6.82. The average molecular weight is 437 g/mol. The number of hydrogen-bond donors (Lipinski definition) is 1. The van der Waals surface area contributed by atoms with Crippen LogP contribution >= 0.6 is 35.0 Å². The van der Waals surface area contributed by atoms with E-state index in [1.165, 1.54) is 6.92 Å². The SMILES string of the molecule is CC(=O)N1[C@@H](c2ccc(C)cc2)SC[C@H]1C(=O)NCCc1ccc(Cl)cc1Cl. The fraction of sp³-hybridized carbons (Fsp3) is 0.333. The van der Waals surface area contributed by atoms with E-state index < -0.39 is 6.04 Å². The number of benzene rings is 2. The normalized spacial score (nSPS) is 18.9. The molecule has 2 aromatic carbocycles. The number of nitrogens with zero attached hydrogens (tertiary/aromatic N) is 1. The molecule has 0 spiro atoms. The van der Waals surface area contributed by atoms with Crippen molar-refractivity contribution in [3.63, 3.8) is 0 Å². The molecule has 0 saturated carbocycles. The van der Waals surface area contributed by atoms with Gasteiger partial charge in [0.05, 0.1) is 0 Å². The van der Waals surface area contributed by atoms with Crippen LogP contribution in [0.3, 0.4) is 0 Å². The predicted octanol–water partition coefficient (Wildman–Crippen LogP) is 4.62. The number of rotatable bonds is 5. The van der Waals surface area contributed by atoms with Gasteiger partial charge in [0.15, 0.2) is 0 Å². The van der Waals surface area contributed by atoms with E-state index in [0.29, 0.717) is 28.8 Å². The fourth-order valence-corrected chi connectivity index (χ4v) is 5.23. The van der Waals surface area contributed by atoms with Crippen molar-refractivity contribution < 1.29 is 9.59 Å². The summed E-state index contributed by atoms with van der Waals surface area (Å²) in [6.45, 7) is 3.99. The molecular formula is C21H22Cl2N2O2S. The molecule has 1 aliphatic rings. The van der Waals surface area contributed by atoms with Crippen molar-refractivity contribution in [1.82, 2.24) is 10.2 Å². The number of halogens is 2. The average Bonchev–Trinajstić information content (AvgIpc) is 3.09. The minimum atomic E-state index is -0.477. The van der Waals surface area contributed by atoms with Crippen LogP contribution in [0.2, 0.25) is 10.0 Å². The van der Waals surface area contributed by atoms with E-state index in [9.17, 15) is 9.59 Å². The summed E-state index contributed by atoms with van der Waals surface area (Å²) in [5.41, 5.74) is 3.12. The van der Waals surface area contributed by atoms with Gasteiger partial charge in [-0.15, -0.1) is 11.8 Å². The molecular weight excluding hydrogens is 415 g/mol. The molecule has 28 heavy (non-hydrogen) atoms. The summed E-state index contributed by atoms with van der Waals surface area (Å²) in [6.07, 6.45) is 0.600. The van der Waals surface area contributed by atoms with Crippen molar-refractivity contribution in [3.05, 3.63) is 69.2 Å². The van der Waals surface area contributed by atoms with Crippen LogP contribution in [0.5, 0.6) is 0 Å². The zero-order valence-electron chi connectivity index (χ0n) is 15.7. The molecule has 2 amide bonds. The van der Waals surface area contributed by atoms with E-state index in [0.717, 1.165) is 16.7 Å². The summed E-state index contributed by atoms with van der Waals surface area (Å²) in [7, 11) is 0. The van der Waals surface area contributed by atoms with Crippen molar-refractivity contribution in [2.45, 2.75) is 31.7 Å². The Balaban J connectivity index is 1.64. The van der Waals surface area contributed by atoms with Gasteiger partial charge >= 0.3 is 0 Å². The molecule has 2 aromatic rings. The molecule has 0 aromatic heterocycles. The first-order valence-corrected chi connectivity index (χ1v) is 10.9. The molecule has 0 aliphatic carbocycles. The van der Waals surface area contributed by atoms with E-state index in [4.69, 9.17) is 23.2 Å². The van der Waals surface area contributed by atoms with E-state index in [1.807, 2.05) is 37.3 Å². The second kappa shape index (κ2) is 9.21. The molecule has 1 heterocycles. The van der Waals surface area contributed by atoms with Gasteiger partial charge in [-0.1, -0.05) is 59.1 Å². The third kappa shape index (κ3) is 4.83. The number of amides is 2. The third-order valence-corrected chi connectivity index (χ3v) is 6.65. The van der Waals surface area contributed by atoms with E-state index in [1.54, 1.807) is 28.8 Å². The van der Waals surface area contributed by atoms with Crippen LogP contribution in [0.1, 0.15) is 29.0 Å². The maximum Gasteiger partial charge on any atom is 0.243 e. The van der Waals surface area contributed by atoms with Gasteiger partial charge < -0.3 is 10.2 Å². The Kier molecular flexibility index (Phi) is 6.91. The van der Waals surface area contributed by atoms with Crippen molar-refractivity contribution >= 4 is 46.8 Å². The molecule has 0 radical (unpaired) electrons. The number of aryl methyl sites for hydroxylation is 1. The molecule has 0 unspecified atom stereocenters. The van der Waals surface area contributed by atoms with Crippen LogP contribution in [0.4, 0.5) is 0 Å². The maximum absolute atomic E-state index is 12.7. The molecule has 3 rings (SSSR count). The Labute approximate surface area is 179 Å². The van der Waals surface area contributed by atoms with E-state index >= 15 is 0 Å². The van der Waals surface area contributed by atoms with Crippen molar-refractivity contribution in [2.24, 2.45) is 0 Å². The summed E-state index contributed by atoms with van der Waals surface area (Å²) in [5, 5.41) is 3.97. The molecule has 1 N–H and O–H groups in total. The molecule has 1 saturated heterocycles. The summed E-state index contributed by atoms with van der Waals surface area (Å²) in [6, 6.07) is 12.9. The Morgan fingerprint density at radius 2 is 1.89 bits per heavy atom. The lowest BCUT2D eigenvalue weighted by Gasteiger charge is -2.28. The van der Waals surface area contributed by atoms with Gasteiger partial charge in [0.2, 0.25) is 11.8 Å². The zero-order valence-corrected chi connectivity index (χ0v) is 18.1. The summed E-state index contributed by atoms with van der Waals surface area (Å²) < 4.78 is 0. The fourth-order valence-electron chi connectivity index (χ4n) is 3.24. The zero-order chi connectivity index (χ0) is 20.3. The van der Waals surface area contributed by atoms with Crippen LogP contribution in [-0.4, -0.2) is 35.1 Å². The number of nitrogens with one attached hydrogen (secondary N) is 1. The van der Waals surface area contributed by atoms with Gasteiger partial charge in [0.1, 0.15) is 11.4 Å². The van der Waals surface area contributed by atoms with Crippen molar-refractivity contribution in [2.75, 3.05) is 12.3 Å². The third-order valence-electron chi connectivity index (χ3n) is 4.74. The minimum Gasteiger partial charge on any atom is -0.354 e. The summed E-state index contributed by atoms with van der Waals surface area (Å²) in [5.74, 6) is 0.338. The number of carbonyl (C=O) groups excluding carboxylic acids is 2. The van der Waals surface area contributed by atoms with Gasteiger partial charge in [-0.25, -0.2) is 0 Å². The van der Waals surface area contributed by atoms with E-state index in [2.05, 4.69) is 5.32 Å². The lowest BCUT2D eigenvalue weighted by molar-refractivity contribution is -0.138. The summed E-state index contributed by atoms with van der Waals surface area (Å²) >= 11 is 13.7. The van der Waals surface area contributed by atoms with Crippen LogP contribution in [0.25, 0.3) is 0 Å². The number of hydrogen-bond acceptors (Lipinski definition) is 3. The predicted molar refractivity (Wildman–Crippen MR) is 116 cm³/mol. The second-order valence-corrected chi connectivity index (χ2v) is 8.77. The van der Waals surface area contributed by atoms with Gasteiger partial charge in [-0.2, -0.15) is 0 Å². The van der Waals surface area contributed by atoms with Crippen molar-refractivity contribution in [1.29, 1.82) is 0 Å². The smallest absolute Gasteiger partial charge is 0.243 e. The molecule has 1 fully saturated rings. The topological polar surface area (TPSA) is 49.4 Å². The largest absolute Gasteiger partial charge is 0.354 e. The van der Waals surface area contributed by atoms with Gasteiger partial charge in [0.25, 0.3) is 0 Å². The Morgan fingerprint density at radius 3 is 2.54 bits per heavy atom. The molecule has 148 valence electrons. The van der Waals surface area contributed by atoms with Crippen LogP contribution < -0.4 is 5.32 Å². The Bertz CT molecular complexity index is 873. The first-order chi connectivity index (χ1) is 13.4. The highest BCUT2D eigenvalue weighted by Gasteiger charge is 2.40. The molecule has 2 atom stereocenters. The highest BCUT2D eigenvalue weighted by molar-refractivity contribution is 7.99. The highest BCUT2D eigenvalue weighted by Crippen LogP contribution is 2.41. The lowest BCUT2D eigenvalue weighted by atomic mass is 10.1. The lowest BCUT2D eigenvalue weighted by Crippen LogP contribution is -2.47. The molecule has 7 heteroatoms. The van der Waals surface area contributed by atoms with Gasteiger partial charge in [-0.3, -0.25) is 9.59 Å². The van der Waals surface area contributed by atoms with Gasteiger partial charge in [0, 0.05) is 29.3 Å². The van der Waals surface area contributed by atoms with Crippen LogP contribution in [-0.2, 0) is 16.0 Å². The number of thioether (sulfide) groups is 1. The van der Waals surface area contributed by atoms with E-state index in [-0.39, 0.29) is 17.2 Å². The number of carbonyl (C=O) groups is 2. The van der Waals surface area contributed by atoms with Crippen molar-refractivity contribution in [3.8, 4) is 0 Å². The standard InChI is InChI=1S/C21H22Cl2N2O2S/c1-13-3-5-16(6-4-13)21-25(14(2)26)19(12-28-21)20(27)24-10-9-15-7-8-17(22)11-18(15)23/h3-8,11,19,21H,9-10,12H2,1-2H3,(H,24,27)/t19-,21+/m0/s1. The quantitative estimate of drug-likeness (QED) is 0.743. The molecule has 4 nitrogen and oxygen atoms in total. The minimum absolute atomic E-state index is 0.100. The van der Waals surface area contributed by atoms with Gasteiger partial charge in [-0.05, 0) is 36.6 Å². The monoisotopic (exact) mass is 436 g/mol. The Hall–Kier alpha value is -1.69. The van der Waals surface area contributed by atoms with Crippen LogP contribution in [0, 0.1) is 6.92 Å². The van der Waals surface area contributed by atoms with Crippen LogP contribution in [0.15, 0.2) is 42.5 Å². The maximum atomic E-state index is 12.7. The first-order valence-electron chi connectivity index (χ1n) is 9.05. The highest BCUT2D eigenvalue weighted by atomic mass is 35.5. The Morgan fingerprint density at radius 1 is 1.18 bits per heavy atom.